The van der Waals surface area contributed by atoms with Crippen molar-refractivity contribution in [2.75, 3.05) is 13.2 Å². The number of halogens is 1. The summed E-state index contributed by atoms with van der Waals surface area (Å²) in [6.45, 7) is 0.870. The smallest absolute Gasteiger partial charge is 0.276 e. The number of rotatable bonds is 3. The number of nitrogens with zero attached hydrogens (tertiary/aromatic N) is 1. The predicted molar refractivity (Wildman–Crippen MR) is 48.3 cm³/mol. The van der Waals surface area contributed by atoms with Gasteiger partial charge in [0.25, 0.3) is 5.69 Å². The molecule has 1 fully saturated rings. The highest BCUT2D eigenvalue weighted by Gasteiger charge is 2.21. The highest BCUT2D eigenvalue weighted by molar-refractivity contribution is 5.39. The van der Waals surface area contributed by atoms with Gasteiger partial charge in [0.15, 0.2) is 0 Å². The highest BCUT2D eigenvalue weighted by Crippen LogP contribution is 2.23. The third-order valence-electron chi connectivity index (χ3n) is 1.98. The molecule has 1 saturated heterocycles. The summed E-state index contributed by atoms with van der Waals surface area (Å²) < 4.78 is 23.1. The molecule has 0 saturated carbocycles. The lowest BCUT2D eigenvalue weighted by molar-refractivity contribution is -0.385. The molecule has 1 aliphatic heterocycles. The van der Waals surface area contributed by atoms with Crippen molar-refractivity contribution in [1.82, 2.24) is 0 Å². The number of nitro groups is 1. The molecule has 15 heavy (non-hydrogen) atoms. The largest absolute Gasteiger partial charge is 0.485 e. The van der Waals surface area contributed by atoms with Crippen molar-refractivity contribution in [3.05, 3.63) is 34.1 Å². The first kappa shape index (κ1) is 9.85. The third-order valence-corrected chi connectivity index (χ3v) is 1.98. The average Bonchev–Trinajstić information content (AvgIpc) is 2.10. The van der Waals surface area contributed by atoms with Crippen molar-refractivity contribution in [2.24, 2.45) is 0 Å². The van der Waals surface area contributed by atoms with Crippen LogP contribution in [0.2, 0.25) is 0 Å². The summed E-state index contributed by atoms with van der Waals surface area (Å²) in [6, 6.07) is 3.16. The van der Waals surface area contributed by atoms with Crippen molar-refractivity contribution in [2.45, 2.75) is 6.10 Å². The summed E-state index contributed by atoms with van der Waals surface area (Å²) in [5.74, 6) is -0.519. The van der Waals surface area contributed by atoms with Crippen LogP contribution >= 0.6 is 0 Å². The molecule has 0 N–H and O–H groups in total. The van der Waals surface area contributed by atoms with Crippen LogP contribution < -0.4 is 4.74 Å². The molecule has 1 aromatic rings. The first-order chi connectivity index (χ1) is 7.15. The van der Waals surface area contributed by atoms with Crippen molar-refractivity contribution in [3.8, 4) is 5.75 Å². The molecule has 5 nitrogen and oxygen atoms in total. The quantitative estimate of drug-likeness (QED) is 0.564. The SMILES string of the molecule is O=[N+]([O-])c1cc(F)cc(OC2COC2)c1. The van der Waals surface area contributed by atoms with Gasteiger partial charge in [0.1, 0.15) is 17.7 Å². The second kappa shape index (κ2) is 3.82. The second-order valence-corrected chi connectivity index (χ2v) is 3.18. The lowest BCUT2D eigenvalue weighted by Crippen LogP contribution is -2.38. The van der Waals surface area contributed by atoms with Gasteiger partial charge in [0, 0.05) is 6.07 Å². The fraction of sp³-hybridized carbons (Fsp3) is 0.333. The average molecular weight is 213 g/mol. The van der Waals surface area contributed by atoms with E-state index in [1.54, 1.807) is 0 Å². The molecule has 0 amide bonds. The van der Waals surface area contributed by atoms with E-state index in [1.165, 1.54) is 6.07 Å². The highest BCUT2D eigenvalue weighted by atomic mass is 19.1. The molecule has 0 aromatic heterocycles. The number of non-ortho nitro benzene ring substituents is 1. The Morgan fingerprint density at radius 2 is 2.20 bits per heavy atom. The molecule has 0 bridgehead atoms. The van der Waals surface area contributed by atoms with Crippen LogP contribution in [0.15, 0.2) is 18.2 Å². The Bertz CT molecular complexity index is 392. The van der Waals surface area contributed by atoms with Gasteiger partial charge in [0.2, 0.25) is 0 Å². The van der Waals surface area contributed by atoms with E-state index in [0.29, 0.717) is 13.2 Å². The minimum atomic E-state index is -0.681. The zero-order chi connectivity index (χ0) is 10.8. The van der Waals surface area contributed by atoms with Crippen LogP contribution in [0.1, 0.15) is 0 Å². The lowest BCUT2D eigenvalue weighted by Gasteiger charge is -2.26. The molecular formula is C9H8FNO4. The minimum Gasteiger partial charge on any atom is -0.485 e. The molecule has 0 aliphatic carbocycles. The second-order valence-electron chi connectivity index (χ2n) is 3.18. The molecule has 0 atom stereocenters. The van der Waals surface area contributed by atoms with Gasteiger partial charge in [-0.3, -0.25) is 10.1 Å². The maximum absolute atomic E-state index is 12.9. The van der Waals surface area contributed by atoms with E-state index in [0.717, 1.165) is 12.1 Å². The lowest BCUT2D eigenvalue weighted by atomic mass is 10.2. The summed E-state index contributed by atoms with van der Waals surface area (Å²) in [6.07, 6.45) is -0.133. The Kier molecular flexibility index (Phi) is 2.51. The van der Waals surface area contributed by atoms with Crippen molar-refractivity contribution < 1.29 is 18.8 Å². The van der Waals surface area contributed by atoms with E-state index >= 15 is 0 Å². The molecule has 0 radical (unpaired) electrons. The Hall–Kier alpha value is -1.69. The van der Waals surface area contributed by atoms with Crippen LogP contribution in [0.25, 0.3) is 0 Å². The minimum absolute atomic E-state index is 0.133. The summed E-state index contributed by atoms with van der Waals surface area (Å²) in [7, 11) is 0. The van der Waals surface area contributed by atoms with Crippen LogP contribution in [-0.4, -0.2) is 24.2 Å². The normalized spacial score (nSPS) is 15.8. The Balaban J connectivity index is 2.18. The Morgan fingerprint density at radius 1 is 1.47 bits per heavy atom. The van der Waals surface area contributed by atoms with Gasteiger partial charge in [0.05, 0.1) is 30.3 Å². The summed E-state index contributed by atoms with van der Waals surface area (Å²) in [5.41, 5.74) is -0.315. The molecule has 6 heteroatoms. The number of hydrogen-bond acceptors (Lipinski definition) is 4. The number of hydrogen-bond donors (Lipinski definition) is 0. The monoisotopic (exact) mass is 213 g/mol. The summed E-state index contributed by atoms with van der Waals surface area (Å²) >= 11 is 0. The zero-order valence-electron chi connectivity index (χ0n) is 7.68. The van der Waals surface area contributed by atoms with Gasteiger partial charge in [-0.25, -0.2) is 4.39 Å². The number of benzene rings is 1. The molecular weight excluding hydrogens is 205 g/mol. The van der Waals surface area contributed by atoms with E-state index in [9.17, 15) is 14.5 Å². The van der Waals surface area contributed by atoms with Gasteiger partial charge in [-0.1, -0.05) is 0 Å². The summed E-state index contributed by atoms with van der Waals surface area (Å²) in [4.78, 5) is 9.77. The van der Waals surface area contributed by atoms with E-state index in [1.807, 2.05) is 0 Å². The number of nitro benzene ring substituents is 1. The molecule has 0 unspecified atom stereocenters. The molecule has 1 aromatic carbocycles. The maximum atomic E-state index is 12.9. The fourth-order valence-electron chi connectivity index (χ4n) is 1.20. The van der Waals surface area contributed by atoms with Crippen molar-refractivity contribution in [1.29, 1.82) is 0 Å². The first-order valence-corrected chi connectivity index (χ1v) is 4.34. The molecule has 80 valence electrons. The predicted octanol–water partition coefficient (Wildman–Crippen LogP) is 1.51. The van der Waals surface area contributed by atoms with Gasteiger partial charge in [-0.2, -0.15) is 0 Å². The Morgan fingerprint density at radius 3 is 2.73 bits per heavy atom. The van der Waals surface area contributed by atoms with Crippen LogP contribution in [0, 0.1) is 15.9 Å². The topological polar surface area (TPSA) is 61.6 Å². The van der Waals surface area contributed by atoms with Gasteiger partial charge < -0.3 is 9.47 Å². The van der Waals surface area contributed by atoms with Gasteiger partial charge in [-0.15, -0.1) is 0 Å². The molecule has 2 rings (SSSR count). The Labute approximate surface area is 84.6 Å². The third kappa shape index (κ3) is 2.21. The molecule has 1 aliphatic rings. The van der Waals surface area contributed by atoms with E-state index in [4.69, 9.17) is 9.47 Å². The van der Waals surface area contributed by atoms with Crippen molar-refractivity contribution in [3.63, 3.8) is 0 Å². The van der Waals surface area contributed by atoms with E-state index in [-0.39, 0.29) is 17.5 Å². The molecule has 1 heterocycles. The van der Waals surface area contributed by atoms with Crippen LogP contribution in [0.4, 0.5) is 10.1 Å². The van der Waals surface area contributed by atoms with E-state index < -0.39 is 10.7 Å². The van der Waals surface area contributed by atoms with Crippen molar-refractivity contribution >= 4 is 5.69 Å². The van der Waals surface area contributed by atoms with Crippen LogP contribution in [0.5, 0.6) is 5.75 Å². The first-order valence-electron chi connectivity index (χ1n) is 4.34. The fourth-order valence-corrected chi connectivity index (χ4v) is 1.20. The number of ether oxygens (including phenoxy) is 2. The summed E-state index contributed by atoms with van der Waals surface area (Å²) in [5, 5.41) is 10.4. The van der Waals surface area contributed by atoms with Gasteiger partial charge in [-0.05, 0) is 0 Å². The standard InChI is InChI=1S/C9H8FNO4/c10-6-1-7(11(12)13)3-8(2-6)15-9-4-14-5-9/h1-3,9H,4-5H2. The zero-order valence-corrected chi connectivity index (χ0v) is 7.68. The van der Waals surface area contributed by atoms with E-state index in [2.05, 4.69) is 0 Å². The van der Waals surface area contributed by atoms with Crippen LogP contribution in [-0.2, 0) is 4.74 Å². The molecule has 0 spiro atoms. The van der Waals surface area contributed by atoms with Gasteiger partial charge >= 0.3 is 0 Å². The van der Waals surface area contributed by atoms with Crippen LogP contribution in [0.3, 0.4) is 0 Å². The maximum Gasteiger partial charge on any atom is 0.276 e.